The normalized spacial score (nSPS) is 10.4. The Morgan fingerprint density at radius 2 is 2.00 bits per heavy atom. The lowest BCUT2D eigenvalue weighted by molar-refractivity contribution is 0.101. The highest BCUT2D eigenvalue weighted by molar-refractivity contribution is 6.32. The average molecular weight is 263 g/mol. The second-order valence-corrected chi connectivity index (χ2v) is 4.03. The van der Waals surface area contributed by atoms with Crippen LogP contribution in [0.15, 0.2) is 18.2 Å². The van der Waals surface area contributed by atoms with Gasteiger partial charge in [0.2, 0.25) is 0 Å². The standard InChI is InChI=1S/C12H16Cl2O2/c1-2-5-15-6-7-16-12-4-3-10(9-13)8-11(12)14/h3-4,8H,2,5-7,9H2,1H3. The zero-order valence-electron chi connectivity index (χ0n) is 9.34. The van der Waals surface area contributed by atoms with Crippen molar-refractivity contribution >= 4 is 23.2 Å². The van der Waals surface area contributed by atoms with Crippen LogP contribution in [0, 0.1) is 0 Å². The molecule has 0 saturated heterocycles. The van der Waals surface area contributed by atoms with E-state index in [1.165, 1.54) is 0 Å². The molecule has 0 radical (unpaired) electrons. The van der Waals surface area contributed by atoms with Crippen LogP contribution in [0.5, 0.6) is 5.75 Å². The van der Waals surface area contributed by atoms with Gasteiger partial charge in [0.05, 0.1) is 11.6 Å². The molecule has 1 aromatic rings. The molecule has 0 N–H and O–H groups in total. The van der Waals surface area contributed by atoms with E-state index in [0.717, 1.165) is 18.6 Å². The molecule has 90 valence electrons. The van der Waals surface area contributed by atoms with Crippen molar-refractivity contribution in [1.82, 2.24) is 0 Å². The summed E-state index contributed by atoms with van der Waals surface area (Å²) in [7, 11) is 0. The molecule has 0 fully saturated rings. The molecule has 0 spiro atoms. The van der Waals surface area contributed by atoms with Crippen LogP contribution < -0.4 is 4.74 Å². The Morgan fingerprint density at radius 1 is 1.19 bits per heavy atom. The van der Waals surface area contributed by atoms with Gasteiger partial charge in [-0.25, -0.2) is 0 Å². The topological polar surface area (TPSA) is 18.5 Å². The fourth-order valence-electron chi connectivity index (χ4n) is 1.20. The fraction of sp³-hybridized carbons (Fsp3) is 0.500. The quantitative estimate of drug-likeness (QED) is 0.549. The average Bonchev–Trinajstić information content (AvgIpc) is 2.30. The molecule has 0 aromatic heterocycles. The molecule has 0 heterocycles. The van der Waals surface area contributed by atoms with E-state index in [4.69, 9.17) is 32.7 Å². The van der Waals surface area contributed by atoms with Crippen LogP contribution in [0.25, 0.3) is 0 Å². The number of alkyl halides is 1. The van der Waals surface area contributed by atoms with Gasteiger partial charge in [0, 0.05) is 12.5 Å². The van der Waals surface area contributed by atoms with Crippen LogP contribution in [0.2, 0.25) is 5.02 Å². The van der Waals surface area contributed by atoms with Gasteiger partial charge in [0.15, 0.2) is 0 Å². The highest BCUT2D eigenvalue weighted by Gasteiger charge is 2.02. The Labute approximate surface area is 106 Å². The third-order valence-corrected chi connectivity index (χ3v) is 2.59. The highest BCUT2D eigenvalue weighted by atomic mass is 35.5. The molecule has 0 amide bonds. The van der Waals surface area contributed by atoms with Crippen molar-refractivity contribution in [3.8, 4) is 5.75 Å². The largest absolute Gasteiger partial charge is 0.490 e. The maximum Gasteiger partial charge on any atom is 0.138 e. The summed E-state index contributed by atoms with van der Waals surface area (Å²) < 4.78 is 10.8. The van der Waals surface area contributed by atoms with Crippen LogP contribution in [-0.4, -0.2) is 19.8 Å². The van der Waals surface area contributed by atoms with Crippen LogP contribution in [0.3, 0.4) is 0 Å². The van der Waals surface area contributed by atoms with Crippen LogP contribution in [0.4, 0.5) is 0 Å². The minimum Gasteiger partial charge on any atom is -0.490 e. The lowest BCUT2D eigenvalue weighted by atomic mass is 10.2. The van der Waals surface area contributed by atoms with E-state index in [9.17, 15) is 0 Å². The summed E-state index contributed by atoms with van der Waals surface area (Å²) in [5, 5.41) is 0.591. The Balaban J connectivity index is 2.36. The first-order valence-corrected chi connectivity index (χ1v) is 6.24. The lowest BCUT2D eigenvalue weighted by Crippen LogP contribution is -2.07. The highest BCUT2D eigenvalue weighted by Crippen LogP contribution is 2.25. The number of rotatable bonds is 7. The minimum atomic E-state index is 0.458. The lowest BCUT2D eigenvalue weighted by Gasteiger charge is -2.09. The number of ether oxygens (including phenoxy) is 2. The Hall–Kier alpha value is -0.440. The zero-order chi connectivity index (χ0) is 11.8. The number of benzene rings is 1. The minimum absolute atomic E-state index is 0.458. The monoisotopic (exact) mass is 262 g/mol. The van der Waals surface area contributed by atoms with Gasteiger partial charge in [0.25, 0.3) is 0 Å². The van der Waals surface area contributed by atoms with E-state index in [1.807, 2.05) is 18.2 Å². The van der Waals surface area contributed by atoms with Gasteiger partial charge in [-0.2, -0.15) is 0 Å². The molecule has 2 nitrogen and oxygen atoms in total. The Bertz CT molecular complexity index is 316. The van der Waals surface area contributed by atoms with Gasteiger partial charge >= 0.3 is 0 Å². The molecular formula is C12H16Cl2O2. The van der Waals surface area contributed by atoms with Crippen molar-refractivity contribution in [1.29, 1.82) is 0 Å². The van der Waals surface area contributed by atoms with Crippen LogP contribution in [-0.2, 0) is 10.6 Å². The smallest absolute Gasteiger partial charge is 0.138 e. The van der Waals surface area contributed by atoms with Crippen molar-refractivity contribution in [2.24, 2.45) is 0 Å². The maximum absolute atomic E-state index is 6.02. The predicted octanol–water partition coefficient (Wildman–Crippen LogP) is 3.88. The molecule has 0 atom stereocenters. The second kappa shape index (κ2) is 7.77. The second-order valence-electron chi connectivity index (χ2n) is 3.36. The summed E-state index contributed by atoms with van der Waals surface area (Å²) in [6, 6.07) is 5.55. The third kappa shape index (κ3) is 4.60. The van der Waals surface area contributed by atoms with E-state index >= 15 is 0 Å². The van der Waals surface area contributed by atoms with E-state index < -0.39 is 0 Å². The van der Waals surface area contributed by atoms with Gasteiger partial charge in [0.1, 0.15) is 12.4 Å². The first-order valence-electron chi connectivity index (χ1n) is 5.33. The van der Waals surface area contributed by atoms with Crippen molar-refractivity contribution in [2.75, 3.05) is 19.8 Å². The van der Waals surface area contributed by atoms with Gasteiger partial charge in [-0.1, -0.05) is 24.6 Å². The number of hydrogen-bond acceptors (Lipinski definition) is 2. The third-order valence-electron chi connectivity index (χ3n) is 1.98. The molecule has 16 heavy (non-hydrogen) atoms. The summed E-state index contributed by atoms with van der Waals surface area (Å²) in [5.74, 6) is 1.13. The molecule has 0 aliphatic rings. The molecule has 1 aromatic carbocycles. The van der Waals surface area contributed by atoms with E-state index in [-0.39, 0.29) is 0 Å². The molecule has 0 saturated carbocycles. The first-order chi connectivity index (χ1) is 7.77. The van der Waals surface area contributed by atoms with Gasteiger partial charge in [-0.05, 0) is 24.1 Å². The SMILES string of the molecule is CCCOCCOc1ccc(CCl)cc1Cl. The first kappa shape index (κ1) is 13.6. The van der Waals surface area contributed by atoms with Crippen molar-refractivity contribution < 1.29 is 9.47 Å². The predicted molar refractivity (Wildman–Crippen MR) is 67.6 cm³/mol. The summed E-state index contributed by atoms with van der Waals surface area (Å²) >= 11 is 11.7. The molecule has 0 aliphatic carbocycles. The number of hydrogen-bond donors (Lipinski definition) is 0. The van der Waals surface area contributed by atoms with Crippen molar-refractivity contribution in [3.63, 3.8) is 0 Å². The Kier molecular flexibility index (Phi) is 6.62. The van der Waals surface area contributed by atoms with Crippen molar-refractivity contribution in [3.05, 3.63) is 28.8 Å². The summed E-state index contributed by atoms with van der Waals surface area (Å²) in [6.45, 7) is 3.94. The summed E-state index contributed by atoms with van der Waals surface area (Å²) in [5.41, 5.74) is 0.987. The molecule has 1 rings (SSSR count). The van der Waals surface area contributed by atoms with Gasteiger partial charge < -0.3 is 9.47 Å². The van der Waals surface area contributed by atoms with Crippen molar-refractivity contribution in [2.45, 2.75) is 19.2 Å². The fourth-order valence-corrected chi connectivity index (χ4v) is 1.63. The molecule has 0 bridgehead atoms. The molecule has 0 unspecified atom stereocenters. The molecule has 4 heteroatoms. The van der Waals surface area contributed by atoms with Crippen LogP contribution >= 0.6 is 23.2 Å². The van der Waals surface area contributed by atoms with E-state index in [1.54, 1.807) is 0 Å². The van der Waals surface area contributed by atoms with Gasteiger partial charge in [-0.15, -0.1) is 11.6 Å². The van der Waals surface area contributed by atoms with E-state index in [2.05, 4.69) is 6.92 Å². The summed E-state index contributed by atoms with van der Waals surface area (Å²) in [6.07, 6.45) is 1.02. The zero-order valence-corrected chi connectivity index (χ0v) is 10.9. The summed E-state index contributed by atoms with van der Waals surface area (Å²) in [4.78, 5) is 0. The van der Waals surface area contributed by atoms with Gasteiger partial charge in [-0.3, -0.25) is 0 Å². The maximum atomic E-state index is 6.02. The molecule has 0 aliphatic heterocycles. The van der Waals surface area contributed by atoms with Crippen LogP contribution in [0.1, 0.15) is 18.9 Å². The van der Waals surface area contributed by atoms with E-state index in [0.29, 0.717) is 29.9 Å². The number of halogens is 2. The Morgan fingerprint density at radius 3 is 2.62 bits per heavy atom. The molecular weight excluding hydrogens is 247 g/mol.